The summed E-state index contributed by atoms with van der Waals surface area (Å²) in [5.41, 5.74) is 2.44. The van der Waals surface area contributed by atoms with Crippen molar-refractivity contribution in [2.45, 2.75) is 13.8 Å². The SMILES string of the molecule is Cc1cn(C)c(=O)c(C)c1Nc1ccc(I)cc1F. The van der Waals surface area contributed by atoms with Gasteiger partial charge in [0.2, 0.25) is 0 Å². The molecule has 1 heterocycles. The first kappa shape index (κ1) is 14.0. The van der Waals surface area contributed by atoms with Crippen LogP contribution < -0.4 is 10.9 Å². The van der Waals surface area contributed by atoms with Crippen LogP contribution in [0.15, 0.2) is 29.2 Å². The quantitative estimate of drug-likeness (QED) is 0.819. The zero-order valence-corrected chi connectivity index (χ0v) is 13.1. The monoisotopic (exact) mass is 372 g/mol. The number of halogens is 2. The molecule has 0 aliphatic carbocycles. The zero-order valence-electron chi connectivity index (χ0n) is 10.9. The molecule has 0 aliphatic rings. The van der Waals surface area contributed by atoms with E-state index in [0.717, 1.165) is 9.13 Å². The molecule has 2 rings (SSSR count). The fraction of sp³-hybridized carbons (Fsp3) is 0.214. The van der Waals surface area contributed by atoms with Crippen molar-refractivity contribution in [1.82, 2.24) is 4.57 Å². The molecule has 100 valence electrons. The van der Waals surface area contributed by atoms with Gasteiger partial charge < -0.3 is 9.88 Å². The van der Waals surface area contributed by atoms with Gasteiger partial charge in [-0.25, -0.2) is 4.39 Å². The lowest BCUT2D eigenvalue weighted by atomic mass is 10.1. The van der Waals surface area contributed by atoms with Gasteiger partial charge in [-0.05, 0) is 60.2 Å². The average Bonchev–Trinajstić information content (AvgIpc) is 2.34. The normalized spacial score (nSPS) is 10.6. The second-order valence-corrected chi connectivity index (χ2v) is 5.72. The van der Waals surface area contributed by atoms with E-state index in [4.69, 9.17) is 0 Å². The molecule has 1 aromatic carbocycles. The third-order valence-electron chi connectivity index (χ3n) is 2.99. The summed E-state index contributed by atoms with van der Waals surface area (Å²) in [7, 11) is 1.71. The predicted molar refractivity (Wildman–Crippen MR) is 83.6 cm³/mol. The number of hydrogen-bond donors (Lipinski definition) is 1. The summed E-state index contributed by atoms with van der Waals surface area (Å²) >= 11 is 2.06. The number of benzene rings is 1. The minimum atomic E-state index is -0.327. The Morgan fingerprint density at radius 1 is 1.32 bits per heavy atom. The summed E-state index contributed by atoms with van der Waals surface area (Å²) in [6.07, 6.45) is 1.74. The van der Waals surface area contributed by atoms with Crippen molar-refractivity contribution in [3.05, 3.63) is 55.3 Å². The standard InChI is InChI=1S/C14H14FIN2O/c1-8-7-18(3)14(19)9(2)13(8)17-12-5-4-10(16)6-11(12)15/h4-7,17H,1-3H3. The molecule has 0 radical (unpaired) electrons. The van der Waals surface area contributed by atoms with Gasteiger partial charge in [0.15, 0.2) is 0 Å². The van der Waals surface area contributed by atoms with E-state index in [1.54, 1.807) is 26.2 Å². The van der Waals surface area contributed by atoms with Crippen molar-refractivity contribution in [2.75, 3.05) is 5.32 Å². The molecule has 0 saturated carbocycles. The van der Waals surface area contributed by atoms with Gasteiger partial charge in [-0.1, -0.05) is 0 Å². The van der Waals surface area contributed by atoms with Crippen molar-refractivity contribution in [2.24, 2.45) is 7.05 Å². The Hall–Kier alpha value is -1.37. The highest BCUT2D eigenvalue weighted by molar-refractivity contribution is 14.1. The van der Waals surface area contributed by atoms with Crippen molar-refractivity contribution in [3.63, 3.8) is 0 Å². The maximum Gasteiger partial charge on any atom is 0.255 e. The fourth-order valence-electron chi connectivity index (χ4n) is 2.00. The van der Waals surface area contributed by atoms with Crippen LogP contribution >= 0.6 is 22.6 Å². The van der Waals surface area contributed by atoms with Crippen LogP contribution in [0.2, 0.25) is 0 Å². The summed E-state index contributed by atoms with van der Waals surface area (Å²) in [5, 5.41) is 3.01. The van der Waals surface area contributed by atoms with Gasteiger partial charge in [0.25, 0.3) is 5.56 Å². The third kappa shape index (κ3) is 2.80. The van der Waals surface area contributed by atoms with Gasteiger partial charge in [0.1, 0.15) is 5.82 Å². The summed E-state index contributed by atoms with van der Waals surface area (Å²) in [4.78, 5) is 11.9. The fourth-order valence-corrected chi connectivity index (χ4v) is 2.45. The maximum absolute atomic E-state index is 13.8. The van der Waals surface area contributed by atoms with Crippen LogP contribution in [0.1, 0.15) is 11.1 Å². The predicted octanol–water partition coefficient (Wildman–Crippen LogP) is 3.49. The second-order valence-electron chi connectivity index (χ2n) is 4.48. The van der Waals surface area contributed by atoms with E-state index in [9.17, 15) is 9.18 Å². The minimum Gasteiger partial charge on any atom is -0.352 e. The van der Waals surface area contributed by atoms with Gasteiger partial charge in [0, 0.05) is 22.4 Å². The Morgan fingerprint density at radius 2 is 2.00 bits per heavy atom. The first-order valence-electron chi connectivity index (χ1n) is 5.79. The molecule has 0 amide bonds. The Morgan fingerprint density at radius 3 is 2.63 bits per heavy atom. The van der Waals surface area contributed by atoms with Crippen LogP contribution in [-0.2, 0) is 7.05 Å². The highest BCUT2D eigenvalue weighted by Gasteiger charge is 2.10. The molecule has 3 nitrogen and oxygen atoms in total. The second kappa shape index (κ2) is 5.32. The van der Waals surface area contributed by atoms with Crippen molar-refractivity contribution in [1.29, 1.82) is 0 Å². The Kier molecular flexibility index (Phi) is 3.93. The number of aromatic nitrogens is 1. The molecule has 0 spiro atoms. The summed E-state index contributed by atoms with van der Waals surface area (Å²) in [5.74, 6) is -0.327. The molecular weight excluding hydrogens is 358 g/mol. The molecular formula is C14H14FIN2O. The lowest BCUT2D eigenvalue weighted by Gasteiger charge is -2.14. The lowest BCUT2D eigenvalue weighted by Crippen LogP contribution is -2.21. The van der Waals surface area contributed by atoms with Crippen LogP contribution in [0.25, 0.3) is 0 Å². The molecule has 1 N–H and O–H groups in total. The lowest BCUT2D eigenvalue weighted by molar-refractivity contribution is 0.631. The molecule has 0 bridgehead atoms. The summed E-state index contributed by atoms with van der Waals surface area (Å²) in [6, 6.07) is 4.94. The Bertz CT molecular complexity index is 695. The number of pyridine rings is 1. The van der Waals surface area contributed by atoms with Gasteiger partial charge in [-0.2, -0.15) is 0 Å². The molecule has 0 unspecified atom stereocenters. The average molecular weight is 372 g/mol. The van der Waals surface area contributed by atoms with Crippen LogP contribution in [0, 0.1) is 23.2 Å². The van der Waals surface area contributed by atoms with Crippen LogP contribution in [0.4, 0.5) is 15.8 Å². The number of rotatable bonds is 2. The highest BCUT2D eigenvalue weighted by Crippen LogP contribution is 2.25. The molecule has 0 fully saturated rings. The van der Waals surface area contributed by atoms with Gasteiger partial charge in [-0.15, -0.1) is 0 Å². The van der Waals surface area contributed by atoms with Crippen LogP contribution in [0.5, 0.6) is 0 Å². The molecule has 0 atom stereocenters. The van der Waals surface area contributed by atoms with Gasteiger partial charge in [-0.3, -0.25) is 4.79 Å². The number of hydrogen-bond acceptors (Lipinski definition) is 2. The van der Waals surface area contributed by atoms with E-state index in [2.05, 4.69) is 27.9 Å². The Balaban J connectivity index is 2.50. The summed E-state index contributed by atoms with van der Waals surface area (Å²) < 4.78 is 16.2. The number of aryl methyl sites for hydroxylation is 2. The molecule has 5 heteroatoms. The largest absolute Gasteiger partial charge is 0.352 e. The van der Waals surface area contributed by atoms with Gasteiger partial charge in [0.05, 0.1) is 11.4 Å². The zero-order chi connectivity index (χ0) is 14.2. The molecule has 0 aliphatic heterocycles. The van der Waals surface area contributed by atoms with Crippen LogP contribution in [0.3, 0.4) is 0 Å². The number of nitrogens with one attached hydrogen (secondary N) is 1. The van der Waals surface area contributed by atoms with E-state index in [-0.39, 0.29) is 11.4 Å². The van der Waals surface area contributed by atoms with Crippen molar-refractivity contribution < 1.29 is 4.39 Å². The highest BCUT2D eigenvalue weighted by atomic mass is 127. The van der Waals surface area contributed by atoms with E-state index in [1.807, 2.05) is 13.0 Å². The molecule has 0 saturated heterocycles. The van der Waals surface area contributed by atoms with Crippen molar-refractivity contribution in [3.8, 4) is 0 Å². The summed E-state index contributed by atoms with van der Waals surface area (Å²) in [6.45, 7) is 3.63. The molecule has 19 heavy (non-hydrogen) atoms. The maximum atomic E-state index is 13.8. The first-order valence-corrected chi connectivity index (χ1v) is 6.87. The van der Waals surface area contributed by atoms with Gasteiger partial charge >= 0.3 is 0 Å². The third-order valence-corrected chi connectivity index (χ3v) is 3.66. The smallest absolute Gasteiger partial charge is 0.255 e. The van der Waals surface area contributed by atoms with E-state index in [1.165, 1.54) is 10.6 Å². The topological polar surface area (TPSA) is 34.0 Å². The van der Waals surface area contributed by atoms with Crippen molar-refractivity contribution >= 4 is 34.0 Å². The van der Waals surface area contributed by atoms with E-state index >= 15 is 0 Å². The molecule has 1 aromatic heterocycles. The molecule has 2 aromatic rings. The minimum absolute atomic E-state index is 0.0842. The Labute approximate surface area is 124 Å². The first-order chi connectivity index (χ1) is 8.90. The van der Waals surface area contributed by atoms with E-state index < -0.39 is 0 Å². The number of nitrogens with zero attached hydrogens (tertiary/aromatic N) is 1. The van der Waals surface area contributed by atoms with E-state index in [0.29, 0.717) is 16.9 Å². The van der Waals surface area contributed by atoms with Crippen LogP contribution in [-0.4, -0.2) is 4.57 Å². The number of anilines is 2.